The van der Waals surface area contributed by atoms with Gasteiger partial charge < -0.3 is 9.64 Å². The highest BCUT2D eigenvalue weighted by Crippen LogP contribution is 2.37. The lowest BCUT2D eigenvalue weighted by Crippen LogP contribution is -2.37. The summed E-state index contributed by atoms with van der Waals surface area (Å²) in [6, 6.07) is 1.89. The highest BCUT2D eigenvalue weighted by Gasteiger charge is 2.32. The van der Waals surface area contributed by atoms with E-state index in [1.165, 1.54) is 0 Å². The van der Waals surface area contributed by atoms with Crippen LogP contribution in [0.4, 0.5) is 14.7 Å². The van der Waals surface area contributed by atoms with E-state index < -0.39 is 5.92 Å². The Morgan fingerprint density at radius 1 is 1.03 bits per heavy atom. The molecule has 0 amide bonds. The fourth-order valence-corrected chi connectivity index (χ4v) is 3.58. The second-order valence-electron chi connectivity index (χ2n) is 8.01. The van der Waals surface area contributed by atoms with E-state index in [4.69, 9.17) is 9.72 Å². The number of hydrogen-bond acceptors (Lipinski definition) is 7. The molecule has 0 radical (unpaired) electrons. The molecule has 1 aliphatic heterocycles. The summed E-state index contributed by atoms with van der Waals surface area (Å²) in [4.78, 5) is 20.5. The molecule has 1 saturated heterocycles. The van der Waals surface area contributed by atoms with Gasteiger partial charge in [-0.1, -0.05) is 6.08 Å². The predicted octanol–water partition coefficient (Wildman–Crippen LogP) is 3.50. The van der Waals surface area contributed by atoms with Crippen molar-refractivity contribution in [2.75, 3.05) is 31.2 Å². The number of fused-ring (bicyclic) bond motifs is 1. The minimum absolute atomic E-state index is 0.171. The number of nitrogens with zero attached hydrogens (tertiary/aromatic N) is 7. The Morgan fingerprint density at radius 2 is 1.78 bits per heavy atom. The average Bonchev–Trinajstić information content (AvgIpc) is 3.26. The standard InChI is InChI=1S/C18H21F2N5O.C4H6N2/c1-11-12(2)22-16-15(21-11)14(13-3-5-18(19,20)6-4-13)23-17(24-16)25-7-9-26-10-8-25;1-6-4-2-3-5-6/h3H,4-10H2,1-2H3;2-4H,1H3. The minimum Gasteiger partial charge on any atom is -0.378 e. The summed E-state index contributed by atoms with van der Waals surface area (Å²) in [6.07, 6.45) is 5.07. The van der Waals surface area contributed by atoms with Crippen LogP contribution >= 0.6 is 0 Å². The van der Waals surface area contributed by atoms with Crippen molar-refractivity contribution in [2.45, 2.75) is 39.0 Å². The second kappa shape index (κ2) is 9.23. The molecule has 0 atom stereocenters. The molecule has 3 aromatic heterocycles. The molecular formula is C22H27F2N7O. The number of aryl methyl sites for hydroxylation is 3. The molecule has 3 aromatic rings. The van der Waals surface area contributed by atoms with Crippen molar-refractivity contribution in [1.29, 1.82) is 0 Å². The maximum atomic E-state index is 13.6. The van der Waals surface area contributed by atoms with Gasteiger partial charge in [-0.15, -0.1) is 0 Å². The van der Waals surface area contributed by atoms with E-state index >= 15 is 0 Å². The largest absolute Gasteiger partial charge is 0.378 e. The molecule has 32 heavy (non-hydrogen) atoms. The summed E-state index contributed by atoms with van der Waals surface area (Å²) in [5.74, 6) is -2.08. The van der Waals surface area contributed by atoms with Crippen LogP contribution in [0.2, 0.25) is 0 Å². The maximum Gasteiger partial charge on any atom is 0.251 e. The Kier molecular flexibility index (Phi) is 6.40. The normalized spacial score (nSPS) is 18.2. The van der Waals surface area contributed by atoms with Crippen LogP contribution in [-0.2, 0) is 11.8 Å². The summed E-state index contributed by atoms with van der Waals surface area (Å²) >= 11 is 0. The highest BCUT2D eigenvalue weighted by molar-refractivity contribution is 5.86. The number of allylic oxidation sites excluding steroid dienone is 2. The number of anilines is 1. The fourth-order valence-electron chi connectivity index (χ4n) is 3.58. The lowest BCUT2D eigenvalue weighted by atomic mass is 9.93. The summed E-state index contributed by atoms with van der Waals surface area (Å²) < 4.78 is 34.3. The predicted molar refractivity (Wildman–Crippen MR) is 118 cm³/mol. The Hall–Kier alpha value is -3.01. The number of morpholine rings is 1. The van der Waals surface area contributed by atoms with E-state index in [0.717, 1.165) is 17.0 Å². The number of halogens is 2. The van der Waals surface area contributed by atoms with Crippen LogP contribution in [0.25, 0.3) is 16.7 Å². The molecule has 170 valence electrons. The van der Waals surface area contributed by atoms with Gasteiger partial charge in [0.05, 0.1) is 30.3 Å². The van der Waals surface area contributed by atoms with Gasteiger partial charge in [0.15, 0.2) is 5.65 Å². The third-order valence-electron chi connectivity index (χ3n) is 5.57. The minimum atomic E-state index is -2.64. The van der Waals surface area contributed by atoms with Gasteiger partial charge in [-0.3, -0.25) is 4.68 Å². The van der Waals surface area contributed by atoms with E-state index in [1.54, 1.807) is 17.0 Å². The number of hydrogen-bond donors (Lipinski definition) is 0. The van der Waals surface area contributed by atoms with Crippen LogP contribution in [0, 0.1) is 13.8 Å². The van der Waals surface area contributed by atoms with Crippen LogP contribution in [0.15, 0.2) is 24.5 Å². The van der Waals surface area contributed by atoms with E-state index in [0.29, 0.717) is 49.1 Å². The third kappa shape index (κ3) is 5.07. The average molecular weight is 444 g/mol. The van der Waals surface area contributed by atoms with Gasteiger partial charge in [0.25, 0.3) is 5.92 Å². The van der Waals surface area contributed by atoms with Gasteiger partial charge in [-0.05, 0) is 31.9 Å². The van der Waals surface area contributed by atoms with Crippen molar-refractivity contribution < 1.29 is 13.5 Å². The quantitative estimate of drug-likeness (QED) is 0.600. The fraction of sp³-hybridized carbons (Fsp3) is 0.500. The molecule has 1 fully saturated rings. The van der Waals surface area contributed by atoms with Crippen LogP contribution in [0.3, 0.4) is 0 Å². The summed E-state index contributed by atoms with van der Waals surface area (Å²) in [7, 11) is 1.89. The molecule has 0 bridgehead atoms. The van der Waals surface area contributed by atoms with Crippen LogP contribution < -0.4 is 4.90 Å². The number of alkyl halides is 2. The number of ether oxygens (including phenoxy) is 1. The van der Waals surface area contributed by atoms with Gasteiger partial charge >= 0.3 is 0 Å². The first-order valence-corrected chi connectivity index (χ1v) is 10.7. The van der Waals surface area contributed by atoms with E-state index in [9.17, 15) is 8.78 Å². The molecule has 8 nitrogen and oxygen atoms in total. The van der Waals surface area contributed by atoms with Gasteiger partial charge in [0, 0.05) is 45.4 Å². The summed E-state index contributed by atoms with van der Waals surface area (Å²) in [5.41, 5.74) is 4.12. The molecule has 0 saturated carbocycles. The molecule has 0 N–H and O–H groups in total. The molecule has 0 unspecified atom stereocenters. The zero-order valence-electron chi connectivity index (χ0n) is 18.6. The summed E-state index contributed by atoms with van der Waals surface area (Å²) in [6.45, 7) is 6.39. The monoisotopic (exact) mass is 443 g/mol. The van der Waals surface area contributed by atoms with Crippen molar-refractivity contribution in [3.05, 3.63) is 41.6 Å². The Balaban J connectivity index is 0.000000354. The molecular weight excluding hydrogens is 416 g/mol. The highest BCUT2D eigenvalue weighted by atomic mass is 19.3. The van der Waals surface area contributed by atoms with Crippen LogP contribution in [0.1, 0.15) is 36.3 Å². The van der Waals surface area contributed by atoms with Crippen molar-refractivity contribution in [3.8, 4) is 0 Å². The first kappa shape index (κ1) is 22.2. The molecule has 1 aliphatic carbocycles. The Bertz CT molecular complexity index is 1110. The van der Waals surface area contributed by atoms with Crippen molar-refractivity contribution in [2.24, 2.45) is 7.05 Å². The van der Waals surface area contributed by atoms with E-state index in [-0.39, 0.29) is 19.3 Å². The topological polar surface area (TPSA) is 81.9 Å². The van der Waals surface area contributed by atoms with Crippen molar-refractivity contribution in [1.82, 2.24) is 29.7 Å². The van der Waals surface area contributed by atoms with Gasteiger partial charge in [-0.25, -0.2) is 23.7 Å². The van der Waals surface area contributed by atoms with Crippen molar-refractivity contribution in [3.63, 3.8) is 0 Å². The molecule has 0 spiro atoms. The van der Waals surface area contributed by atoms with Crippen LogP contribution in [-0.4, -0.2) is 61.9 Å². The lowest BCUT2D eigenvalue weighted by Gasteiger charge is -2.28. The molecule has 0 aromatic carbocycles. The first-order chi connectivity index (χ1) is 15.3. The lowest BCUT2D eigenvalue weighted by molar-refractivity contribution is -0.00604. The van der Waals surface area contributed by atoms with E-state index in [1.807, 2.05) is 38.1 Å². The molecule has 4 heterocycles. The second-order valence-corrected chi connectivity index (χ2v) is 8.01. The van der Waals surface area contributed by atoms with Crippen molar-refractivity contribution >= 4 is 22.7 Å². The third-order valence-corrected chi connectivity index (χ3v) is 5.57. The SMILES string of the molecule is Cc1nc2nc(N3CCOCC3)nc(C3=CCC(F)(F)CC3)c2nc1C.Cn1cccn1. The smallest absolute Gasteiger partial charge is 0.251 e. The van der Waals surface area contributed by atoms with Gasteiger partial charge in [0.2, 0.25) is 5.95 Å². The first-order valence-electron chi connectivity index (χ1n) is 10.7. The summed E-state index contributed by atoms with van der Waals surface area (Å²) in [5, 5.41) is 3.83. The molecule has 10 heteroatoms. The number of rotatable bonds is 2. The number of aromatic nitrogens is 6. The van der Waals surface area contributed by atoms with Gasteiger partial charge in [0.1, 0.15) is 5.52 Å². The zero-order chi connectivity index (χ0) is 22.7. The maximum absolute atomic E-state index is 13.6. The van der Waals surface area contributed by atoms with Crippen LogP contribution in [0.5, 0.6) is 0 Å². The molecule has 5 rings (SSSR count). The van der Waals surface area contributed by atoms with Gasteiger partial charge in [-0.2, -0.15) is 10.1 Å². The Labute approximate surface area is 185 Å². The Morgan fingerprint density at radius 3 is 2.38 bits per heavy atom. The van der Waals surface area contributed by atoms with E-state index in [2.05, 4.69) is 20.1 Å². The molecule has 2 aliphatic rings. The zero-order valence-corrected chi connectivity index (χ0v) is 18.6.